The molecule has 1 aliphatic carbocycles. The third kappa shape index (κ3) is 4.54. The van der Waals surface area contributed by atoms with Gasteiger partial charge in [-0.15, -0.1) is 11.8 Å². The molecule has 3 amide bonds. The molecule has 7 heteroatoms. The number of fused-ring (bicyclic) bond motifs is 1. The first-order chi connectivity index (χ1) is 13.6. The second-order valence-corrected chi connectivity index (χ2v) is 8.14. The van der Waals surface area contributed by atoms with E-state index in [4.69, 9.17) is 0 Å². The molecular weight excluding hydrogens is 374 g/mol. The number of hydrogen-bond donors (Lipinski definition) is 3. The second-order valence-electron chi connectivity index (χ2n) is 7.00. The van der Waals surface area contributed by atoms with Gasteiger partial charge in [0.15, 0.2) is 0 Å². The number of thioether (sulfide) groups is 1. The standard InChI is InChI=1S/C21H21N3O3S/c25-19-8-9-28-18-7-6-15(11-17(18)24-19)20(26)22-12-13-2-1-3-16(10-13)23-21(27)14-4-5-14/h1-3,6-7,10-11,14H,4-5,8-9,12H2,(H,22,26)(H,23,27)(H,24,25). The monoisotopic (exact) mass is 395 g/mol. The zero-order valence-electron chi connectivity index (χ0n) is 15.3. The van der Waals surface area contributed by atoms with E-state index >= 15 is 0 Å². The Morgan fingerprint density at radius 1 is 1.14 bits per heavy atom. The van der Waals surface area contributed by atoms with Crippen molar-refractivity contribution < 1.29 is 14.4 Å². The van der Waals surface area contributed by atoms with E-state index in [0.717, 1.165) is 34.7 Å². The molecule has 0 unspecified atom stereocenters. The average Bonchev–Trinajstić information content (AvgIpc) is 3.53. The molecule has 1 fully saturated rings. The van der Waals surface area contributed by atoms with Gasteiger partial charge < -0.3 is 16.0 Å². The van der Waals surface area contributed by atoms with E-state index in [1.54, 1.807) is 23.9 Å². The summed E-state index contributed by atoms with van der Waals surface area (Å²) in [6.07, 6.45) is 2.39. The average molecular weight is 395 g/mol. The van der Waals surface area contributed by atoms with Gasteiger partial charge in [0, 0.05) is 40.8 Å². The molecule has 3 N–H and O–H groups in total. The minimum Gasteiger partial charge on any atom is -0.348 e. The molecule has 1 aliphatic heterocycles. The maximum Gasteiger partial charge on any atom is 0.251 e. The van der Waals surface area contributed by atoms with Crippen molar-refractivity contribution in [1.29, 1.82) is 0 Å². The summed E-state index contributed by atoms with van der Waals surface area (Å²) in [6, 6.07) is 12.8. The number of benzene rings is 2. The van der Waals surface area contributed by atoms with Crippen LogP contribution in [-0.2, 0) is 16.1 Å². The third-order valence-corrected chi connectivity index (χ3v) is 5.77. The fraction of sp³-hybridized carbons (Fsp3) is 0.286. The molecule has 0 atom stereocenters. The minimum atomic E-state index is -0.210. The van der Waals surface area contributed by atoms with Crippen LogP contribution in [0.25, 0.3) is 0 Å². The van der Waals surface area contributed by atoms with Gasteiger partial charge >= 0.3 is 0 Å². The van der Waals surface area contributed by atoms with Crippen molar-refractivity contribution in [3.63, 3.8) is 0 Å². The minimum absolute atomic E-state index is 0.0335. The Hall–Kier alpha value is -2.80. The highest BCUT2D eigenvalue weighted by atomic mass is 32.2. The Balaban J connectivity index is 1.39. The molecule has 0 radical (unpaired) electrons. The maximum absolute atomic E-state index is 12.5. The van der Waals surface area contributed by atoms with Crippen LogP contribution in [0.3, 0.4) is 0 Å². The highest BCUT2D eigenvalue weighted by Gasteiger charge is 2.29. The van der Waals surface area contributed by atoms with Gasteiger partial charge in [-0.1, -0.05) is 12.1 Å². The SMILES string of the molecule is O=C1CCSc2ccc(C(=O)NCc3cccc(NC(=O)C4CC4)c3)cc2N1. The van der Waals surface area contributed by atoms with Crippen molar-refractivity contribution in [1.82, 2.24) is 5.32 Å². The molecule has 2 aromatic carbocycles. The molecule has 2 aliphatic rings. The van der Waals surface area contributed by atoms with Crippen molar-refractivity contribution in [3.8, 4) is 0 Å². The number of anilines is 2. The van der Waals surface area contributed by atoms with E-state index < -0.39 is 0 Å². The number of nitrogens with one attached hydrogen (secondary N) is 3. The lowest BCUT2D eigenvalue weighted by Crippen LogP contribution is -2.23. The van der Waals surface area contributed by atoms with Crippen molar-refractivity contribution in [2.24, 2.45) is 5.92 Å². The first-order valence-electron chi connectivity index (χ1n) is 9.33. The Morgan fingerprint density at radius 2 is 2.00 bits per heavy atom. The summed E-state index contributed by atoms with van der Waals surface area (Å²) in [6.45, 7) is 0.351. The van der Waals surface area contributed by atoms with Gasteiger partial charge in [-0.3, -0.25) is 14.4 Å². The first-order valence-corrected chi connectivity index (χ1v) is 10.3. The highest BCUT2D eigenvalue weighted by molar-refractivity contribution is 7.99. The van der Waals surface area contributed by atoms with Gasteiger partial charge in [0.2, 0.25) is 11.8 Å². The molecule has 1 heterocycles. The van der Waals surface area contributed by atoms with E-state index in [2.05, 4.69) is 16.0 Å². The largest absolute Gasteiger partial charge is 0.348 e. The molecular formula is C21H21N3O3S. The molecule has 2 aromatic rings. The molecule has 0 aromatic heterocycles. The summed E-state index contributed by atoms with van der Waals surface area (Å²) >= 11 is 1.61. The smallest absolute Gasteiger partial charge is 0.251 e. The van der Waals surface area contributed by atoms with Crippen molar-refractivity contribution in [3.05, 3.63) is 53.6 Å². The maximum atomic E-state index is 12.5. The summed E-state index contributed by atoms with van der Waals surface area (Å²) in [5.41, 5.74) is 2.83. The Morgan fingerprint density at radius 3 is 2.82 bits per heavy atom. The summed E-state index contributed by atoms with van der Waals surface area (Å²) in [7, 11) is 0. The van der Waals surface area contributed by atoms with Crippen LogP contribution in [0.5, 0.6) is 0 Å². The molecule has 144 valence electrons. The van der Waals surface area contributed by atoms with Crippen LogP contribution in [0.2, 0.25) is 0 Å². The molecule has 28 heavy (non-hydrogen) atoms. The normalized spacial score (nSPS) is 15.8. The Bertz CT molecular complexity index is 940. The quantitative estimate of drug-likeness (QED) is 0.724. The van der Waals surface area contributed by atoms with E-state index in [1.807, 2.05) is 30.3 Å². The fourth-order valence-corrected chi connectivity index (χ4v) is 3.93. The van der Waals surface area contributed by atoms with Crippen LogP contribution < -0.4 is 16.0 Å². The third-order valence-electron chi connectivity index (χ3n) is 4.70. The predicted molar refractivity (Wildman–Crippen MR) is 109 cm³/mol. The summed E-state index contributed by atoms with van der Waals surface area (Å²) in [5.74, 6) is 0.701. The Labute approximate surface area is 167 Å². The van der Waals surface area contributed by atoms with Crippen LogP contribution in [-0.4, -0.2) is 23.5 Å². The van der Waals surface area contributed by atoms with Crippen molar-refractivity contribution in [2.75, 3.05) is 16.4 Å². The number of hydrogen-bond acceptors (Lipinski definition) is 4. The topological polar surface area (TPSA) is 87.3 Å². The number of carbonyl (C=O) groups is 3. The first kappa shape index (κ1) is 18.6. The molecule has 6 nitrogen and oxygen atoms in total. The number of carbonyl (C=O) groups excluding carboxylic acids is 3. The van der Waals surface area contributed by atoms with Crippen LogP contribution >= 0.6 is 11.8 Å². The molecule has 1 saturated carbocycles. The number of rotatable bonds is 5. The zero-order chi connectivity index (χ0) is 19.5. The second kappa shape index (κ2) is 8.06. The summed E-state index contributed by atoms with van der Waals surface area (Å²) in [5, 5.41) is 8.66. The van der Waals surface area contributed by atoms with Crippen LogP contribution in [0.1, 0.15) is 35.2 Å². The van der Waals surface area contributed by atoms with Gasteiger partial charge in [0.25, 0.3) is 5.91 Å². The van der Waals surface area contributed by atoms with Crippen molar-refractivity contribution in [2.45, 2.75) is 30.7 Å². The summed E-state index contributed by atoms with van der Waals surface area (Å²) in [4.78, 5) is 37.1. The molecule has 0 saturated heterocycles. The van der Waals surface area contributed by atoms with Gasteiger partial charge in [-0.25, -0.2) is 0 Å². The summed E-state index contributed by atoms with van der Waals surface area (Å²) < 4.78 is 0. The molecule has 4 rings (SSSR count). The fourth-order valence-electron chi connectivity index (χ4n) is 2.99. The van der Waals surface area contributed by atoms with Crippen molar-refractivity contribution >= 4 is 40.9 Å². The van der Waals surface area contributed by atoms with Crippen LogP contribution in [0.4, 0.5) is 11.4 Å². The lowest BCUT2D eigenvalue weighted by Gasteiger charge is -2.11. The van der Waals surface area contributed by atoms with E-state index in [0.29, 0.717) is 24.2 Å². The molecule has 0 bridgehead atoms. The van der Waals surface area contributed by atoms with E-state index in [-0.39, 0.29) is 23.6 Å². The van der Waals surface area contributed by atoms with Gasteiger partial charge in [-0.2, -0.15) is 0 Å². The number of amides is 3. The lowest BCUT2D eigenvalue weighted by atomic mass is 10.1. The van der Waals surface area contributed by atoms with Gasteiger partial charge in [0.05, 0.1) is 5.69 Å². The molecule has 0 spiro atoms. The Kier molecular flexibility index (Phi) is 5.34. The van der Waals surface area contributed by atoms with Gasteiger partial charge in [-0.05, 0) is 48.7 Å². The predicted octanol–water partition coefficient (Wildman–Crippen LogP) is 3.40. The van der Waals surface area contributed by atoms with Gasteiger partial charge in [0.1, 0.15) is 0 Å². The lowest BCUT2D eigenvalue weighted by molar-refractivity contribution is -0.117. The van der Waals surface area contributed by atoms with E-state index in [9.17, 15) is 14.4 Å². The highest BCUT2D eigenvalue weighted by Crippen LogP contribution is 2.32. The zero-order valence-corrected chi connectivity index (χ0v) is 16.1. The van der Waals surface area contributed by atoms with E-state index in [1.165, 1.54) is 0 Å². The van der Waals surface area contributed by atoms with Crippen LogP contribution in [0, 0.1) is 5.92 Å². The van der Waals surface area contributed by atoms with Crippen LogP contribution in [0.15, 0.2) is 47.4 Å².